The summed E-state index contributed by atoms with van der Waals surface area (Å²) < 4.78 is 0.818. The lowest BCUT2D eigenvalue weighted by atomic mass is 10.0. The molecule has 1 aliphatic heterocycles. The Bertz CT molecular complexity index is 1340. The summed E-state index contributed by atoms with van der Waals surface area (Å²) in [7, 11) is 0. The first kappa shape index (κ1) is 23.7. The first-order valence-corrected chi connectivity index (χ1v) is 11.6. The van der Waals surface area contributed by atoms with Crippen LogP contribution in [0.25, 0.3) is 0 Å². The fourth-order valence-electron chi connectivity index (χ4n) is 3.88. The zero-order valence-electron chi connectivity index (χ0n) is 18.7. The van der Waals surface area contributed by atoms with Crippen LogP contribution in [-0.2, 0) is 9.59 Å². The van der Waals surface area contributed by atoms with Crippen molar-refractivity contribution in [2.45, 2.75) is 20.8 Å². The maximum Gasteiger partial charge on any atom is 0.283 e. The molecule has 3 amide bonds. The van der Waals surface area contributed by atoms with Crippen molar-refractivity contribution in [2.75, 3.05) is 15.5 Å². The minimum absolute atomic E-state index is 0.0441. The van der Waals surface area contributed by atoms with E-state index in [0.29, 0.717) is 16.9 Å². The fourth-order valence-corrected chi connectivity index (χ4v) is 4.36. The molecule has 2 N–H and O–H groups in total. The number of aryl methyl sites for hydroxylation is 3. The topological polar surface area (TPSA) is 78.5 Å². The summed E-state index contributed by atoms with van der Waals surface area (Å²) in [4.78, 5) is 39.6. The molecule has 6 nitrogen and oxygen atoms in total. The lowest BCUT2D eigenvalue weighted by Gasteiger charge is -2.15. The maximum absolute atomic E-state index is 13.0. The molecule has 0 saturated heterocycles. The van der Waals surface area contributed by atoms with Crippen molar-refractivity contribution in [3.63, 3.8) is 0 Å². The van der Waals surface area contributed by atoms with E-state index in [0.717, 1.165) is 31.8 Å². The number of carbonyl (C=O) groups is 3. The van der Waals surface area contributed by atoms with Crippen molar-refractivity contribution < 1.29 is 14.4 Å². The molecule has 3 aromatic rings. The highest BCUT2D eigenvalue weighted by atomic mass is 79.9. The minimum Gasteiger partial charge on any atom is -0.350 e. The van der Waals surface area contributed by atoms with E-state index in [4.69, 9.17) is 11.6 Å². The second-order valence-corrected chi connectivity index (χ2v) is 9.34. The van der Waals surface area contributed by atoms with E-state index >= 15 is 0 Å². The number of anilines is 3. The number of imide groups is 1. The normalized spacial score (nSPS) is 13.5. The van der Waals surface area contributed by atoms with Crippen LogP contribution in [0.2, 0.25) is 0 Å². The van der Waals surface area contributed by atoms with Crippen LogP contribution >= 0.6 is 27.5 Å². The molecule has 0 saturated carbocycles. The van der Waals surface area contributed by atoms with Gasteiger partial charge in [-0.15, -0.1) is 0 Å². The smallest absolute Gasteiger partial charge is 0.283 e. The summed E-state index contributed by atoms with van der Waals surface area (Å²) in [6.45, 7) is 5.90. The van der Waals surface area contributed by atoms with Crippen molar-refractivity contribution in [3.05, 3.63) is 98.1 Å². The number of hydrogen-bond acceptors (Lipinski definition) is 4. The molecule has 0 bridgehead atoms. The summed E-state index contributed by atoms with van der Waals surface area (Å²) in [6, 6.07) is 17.4. The van der Waals surface area contributed by atoms with Crippen molar-refractivity contribution >= 4 is 62.3 Å². The first-order valence-electron chi connectivity index (χ1n) is 10.5. The number of nitrogens with zero attached hydrogens (tertiary/aromatic N) is 1. The van der Waals surface area contributed by atoms with Gasteiger partial charge in [-0.05, 0) is 74.4 Å². The number of hydrogen-bond donors (Lipinski definition) is 2. The lowest BCUT2D eigenvalue weighted by molar-refractivity contribution is -0.120. The molecule has 34 heavy (non-hydrogen) atoms. The van der Waals surface area contributed by atoms with Crippen LogP contribution in [0.15, 0.2) is 75.9 Å². The number of carbonyl (C=O) groups excluding carboxylic acids is 3. The van der Waals surface area contributed by atoms with Crippen molar-refractivity contribution in [2.24, 2.45) is 0 Å². The zero-order valence-corrected chi connectivity index (χ0v) is 21.0. The molecule has 4 rings (SSSR count). The van der Waals surface area contributed by atoms with Crippen LogP contribution in [0.3, 0.4) is 0 Å². The van der Waals surface area contributed by atoms with Crippen molar-refractivity contribution in [1.82, 2.24) is 0 Å². The largest absolute Gasteiger partial charge is 0.350 e. The SMILES string of the molecule is Cc1cc(C)c(NC(=O)c2cccc(NC3=C(Cl)C(=O)N(c4ccc(Br)cc4)C3=O)c2)c(C)c1. The number of rotatable bonds is 5. The van der Waals surface area contributed by atoms with Crippen LogP contribution in [-0.4, -0.2) is 17.7 Å². The molecule has 1 aliphatic rings. The highest BCUT2D eigenvalue weighted by Crippen LogP contribution is 2.31. The molecule has 1 heterocycles. The third kappa shape index (κ3) is 4.62. The van der Waals surface area contributed by atoms with Gasteiger partial charge in [0.2, 0.25) is 0 Å². The van der Waals surface area contributed by atoms with E-state index in [-0.39, 0.29) is 16.6 Å². The lowest BCUT2D eigenvalue weighted by Crippen LogP contribution is -2.32. The van der Waals surface area contributed by atoms with Crippen LogP contribution in [0.1, 0.15) is 27.0 Å². The summed E-state index contributed by atoms with van der Waals surface area (Å²) in [5, 5.41) is 5.67. The number of amides is 3. The Kier molecular flexibility index (Phi) is 6.59. The second kappa shape index (κ2) is 9.44. The Labute approximate surface area is 210 Å². The van der Waals surface area contributed by atoms with Gasteiger partial charge in [0.05, 0.1) is 5.69 Å². The van der Waals surface area contributed by atoms with Crippen LogP contribution in [0.5, 0.6) is 0 Å². The summed E-state index contributed by atoms with van der Waals surface area (Å²) in [5.74, 6) is -1.47. The van der Waals surface area contributed by atoms with Crippen molar-refractivity contribution in [3.8, 4) is 0 Å². The molecule has 0 unspecified atom stereocenters. The van der Waals surface area contributed by atoms with Crippen LogP contribution < -0.4 is 15.5 Å². The number of halogens is 2. The molecule has 8 heteroatoms. The third-order valence-electron chi connectivity index (χ3n) is 5.42. The predicted octanol–water partition coefficient (Wildman–Crippen LogP) is 6.06. The Morgan fingerprint density at radius 3 is 2.21 bits per heavy atom. The molecule has 0 radical (unpaired) electrons. The molecule has 0 aromatic heterocycles. The quantitative estimate of drug-likeness (QED) is 0.387. The van der Waals surface area contributed by atoms with Crippen molar-refractivity contribution in [1.29, 1.82) is 0 Å². The van der Waals surface area contributed by atoms with E-state index in [1.165, 1.54) is 0 Å². The van der Waals surface area contributed by atoms with Crippen LogP contribution in [0.4, 0.5) is 17.1 Å². The average Bonchev–Trinajstić information content (AvgIpc) is 3.00. The Morgan fingerprint density at radius 2 is 1.56 bits per heavy atom. The molecule has 0 fully saturated rings. The van der Waals surface area contributed by atoms with Gasteiger partial charge in [-0.1, -0.05) is 51.3 Å². The van der Waals surface area contributed by atoms with Gasteiger partial charge in [-0.2, -0.15) is 0 Å². The number of benzene rings is 3. The van der Waals surface area contributed by atoms with E-state index in [2.05, 4.69) is 26.6 Å². The van der Waals surface area contributed by atoms with Gasteiger partial charge in [0.1, 0.15) is 10.7 Å². The van der Waals surface area contributed by atoms with Gasteiger partial charge in [-0.3, -0.25) is 14.4 Å². The fraction of sp³-hybridized carbons (Fsp3) is 0.115. The zero-order chi connectivity index (χ0) is 24.6. The van der Waals surface area contributed by atoms with Gasteiger partial charge in [0, 0.05) is 21.4 Å². The van der Waals surface area contributed by atoms with E-state index in [1.807, 2.05) is 32.9 Å². The summed E-state index contributed by atoms with van der Waals surface area (Å²) in [5.41, 5.74) is 5.04. The third-order valence-corrected chi connectivity index (χ3v) is 6.30. The molecule has 3 aromatic carbocycles. The van der Waals surface area contributed by atoms with Gasteiger partial charge in [-0.25, -0.2) is 4.90 Å². The Balaban J connectivity index is 1.55. The van der Waals surface area contributed by atoms with Gasteiger partial charge >= 0.3 is 0 Å². The average molecular weight is 539 g/mol. The molecule has 0 spiro atoms. The monoisotopic (exact) mass is 537 g/mol. The molecular weight excluding hydrogens is 518 g/mol. The van der Waals surface area contributed by atoms with Gasteiger partial charge in [0.15, 0.2) is 0 Å². The van der Waals surface area contributed by atoms with E-state index < -0.39 is 11.8 Å². The first-order chi connectivity index (χ1) is 16.2. The van der Waals surface area contributed by atoms with Gasteiger partial charge in [0.25, 0.3) is 17.7 Å². The van der Waals surface area contributed by atoms with E-state index in [9.17, 15) is 14.4 Å². The minimum atomic E-state index is -0.615. The van der Waals surface area contributed by atoms with E-state index in [1.54, 1.807) is 48.5 Å². The maximum atomic E-state index is 13.0. The second-order valence-electron chi connectivity index (χ2n) is 8.04. The summed E-state index contributed by atoms with van der Waals surface area (Å²) >= 11 is 9.56. The molecule has 0 aliphatic carbocycles. The standard InChI is InChI=1S/C26H21BrClN3O3/c1-14-11-15(2)22(16(3)12-14)30-24(32)17-5-4-6-19(13-17)29-23-21(28)25(33)31(26(23)34)20-9-7-18(27)8-10-20/h4-13,29H,1-3H3,(H,30,32). The highest BCUT2D eigenvalue weighted by Gasteiger charge is 2.39. The van der Waals surface area contributed by atoms with Crippen LogP contribution in [0, 0.1) is 20.8 Å². The number of nitrogens with one attached hydrogen (secondary N) is 2. The molecule has 172 valence electrons. The summed E-state index contributed by atoms with van der Waals surface area (Å²) in [6.07, 6.45) is 0. The predicted molar refractivity (Wildman–Crippen MR) is 138 cm³/mol. The van der Waals surface area contributed by atoms with Gasteiger partial charge < -0.3 is 10.6 Å². The Hall–Kier alpha value is -3.42. The Morgan fingerprint density at radius 1 is 0.912 bits per heavy atom. The molecular formula is C26H21BrClN3O3. The molecule has 0 atom stereocenters. The highest BCUT2D eigenvalue weighted by molar-refractivity contribution is 9.10.